The van der Waals surface area contributed by atoms with Crippen LogP contribution in [0.2, 0.25) is 0 Å². The van der Waals surface area contributed by atoms with E-state index in [0.717, 1.165) is 16.3 Å². The molecule has 0 radical (unpaired) electrons. The first-order chi connectivity index (χ1) is 14.4. The number of methoxy groups -OCH3 is 1. The third kappa shape index (κ3) is 2.04. The van der Waals surface area contributed by atoms with Crippen LogP contribution in [0.4, 0.5) is 0 Å². The highest BCUT2D eigenvalue weighted by Crippen LogP contribution is 2.79. The van der Waals surface area contributed by atoms with E-state index in [1.54, 1.807) is 25.1 Å². The molecule has 30 heavy (non-hydrogen) atoms. The van der Waals surface area contributed by atoms with Crippen LogP contribution in [-0.4, -0.2) is 24.8 Å². The lowest BCUT2D eigenvalue weighted by Gasteiger charge is -2.22. The van der Waals surface area contributed by atoms with Gasteiger partial charge in [-0.3, -0.25) is 14.4 Å². The fourth-order valence-corrected chi connectivity index (χ4v) is 5.19. The molecule has 3 aromatic carbocycles. The van der Waals surface area contributed by atoms with Gasteiger partial charge in [0.1, 0.15) is 5.75 Å². The minimum Gasteiger partial charge on any atom is -0.468 e. The highest BCUT2D eigenvalue weighted by molar-refractivity contribution is 6.21. The molecular weight excluding hydrogens is 380 g/mol. The van der Waals surface area contributed by atoms with Gasteiger partial charge < -0.3 is 9.47 Å². The molecule has 0 unspecified atom stereocenters. The number of hydrogen-bond acceptors (Lipinski definition) is 5. The molecule has 0 aromatic heterocycles. The minimum absolute atomic E-state index is 0.268. The number of ether oxygens (including phenoxy) is 2. The number of esters is 2. The molecular formula is C25H20O5. The number of fused-ring (bicyclic) bond motifs is 5. The summed E-state index contributed by atoms with van der Waals surface area (Å²) in [7, 11) is 1.23. The zero-order chi connectivity index (χ0) is 21.3. The van der Waals surface area contributed by atoms with Crippen LogP contribution in [-0.2, 0) is 14.3 Å². The van der Waals surface area contributed by atoms with Crippen molar-refractivity contribution in [3.63, 3.8) is 0 Å². The van der Waals surface area contributed by atoms with E-state index in [9.17, 15) is 14.4 Å². The molecule has 150 valence electrons. The van der Waals surface area contributed by atoms with Gasteiger partial charge in [0.15, 0.2) is 11.2 Å². The van der Waals surface area contributed by atoms with Gasteiger partial charge in [-0.15, -0.1) is 0 Å². The normalized spacial score (nSPS) is 26.4. The van der Waals surface area contributed by atoms with Crippen LogP contribution in [0.1, 0.15) is 34.3 Å². The Morgan fingerprint density at radius 2 is 1.70 bits per heavy atom. The molecule has 0 amide bonds. The summed E-state index contributed by atoms with van der Waals surface area (Å²) in [4.78, 5) is 39.9. The predicted molar refractivity (Wildman–Crippen MR) is 110 cm³/mol. The standard InChI is InChI=1S/C25H20O5/c1-14-8-10-16(11-9-14)21(26)24(2)20-19-17-7-5-4-6-15(17)12-13-18(19)30-23(28)25(20,24)22(27)29-3/h4-13,20H,1-3H3/t20-,24-,25+/m1/s1. The van der Waals surface area contributed by atoms with Crippen molar-refractivity contribution in [2.24, 2.45) is 10.8 Å². The van der Waals surface area contributed by atoms with E-state index in [0.29, 0.717) is 16.9 Å². The second kappa shape index (κ2) is 6.02. The highest BCUT2D eigenvalue weighted by atomic mass is 16.6. The van der Waals surface area contributed by atoms with Gasteiger partial charge in [-0.2, -0.15) is 0 Å². The molecule has 1 fully saturated rings. The Morgan fingerprint density at radius 1 is 1.00 bits per heavy atom. The predicted octanol–water partition coefficient (Wildman–Crippen LogP) is 4.21. The molecule has 1 saturated carbocycles. The smallest absolute Gasteiger partial charge is 0.330 e. The summed E-state index contributed by atoms with van der Waals surface area (Å²) in [6, 6.07) is 18.4. The van der Waals surface area contributed by atoms with E-state index in [-0.39, 0.29) is 5.78 Å². The monoisotopic (exact) mass is 400 g/mol. The number of ketones is 1. The molecule has 5 nitrogen and oxygen atoms in total. The van der Waals surface area contributed by atoms with Crippen molar-refractivity contribution in [2.45, 2.75) is 19.8 Å². The van der Waals surface area contributed by atoms with Crippen molar-refractivity contribution in [1.29, 1.82) is 0 Å². The van der Waals surface area contributed by atoms with Crippen LogP contribution < -0.4 is 4.74 Å². The van der Waals surface area contributed by atoms with E-state index in [2.05, 4.69) is 0 Å². The molecule has 1 aliphatic heterocycles. The summed E-state index contributed by atoms with van der Waals surface area (Å²) in [5.41, 5.74) is -0.817. The van der Waals surface area contributed by atoms with Crippen LogP contribution in [0, 0.1) is 17.8 Å². The topological polar surface area (TPSA) is 69.7 Å². The van der Waals surface area contributed by atoms with Crippen molar-refractivity contribution < 1.29 is 23.9 Å². The van der Waals surface area contributed by atoms with Gasteiger partial charge in [0, 0.05) is 17.0 Å². The SMILES string of the molecule is COC(=O)[C@]12C(=O)Oc3ccc4ccccc4c3[C@@H]1[C@]2(C)C(=O)c1ccc(C)cc1. The number of rotatable bonds is 3. The van der Waals surface area contributed by atoms with Gasteiger partial charge in [-0.25, -0.2) is 0 Å². The maximum atomic E-state index is 13.7. The number of Topliss-reactive ketones (excluding diaryl/α,β-unsaturated/α-hetero) is 1. The molecule has 3 atom stereocenters. The van der Waals surface area contributed by atoms with Crippen LogP contribution >= 0.6 is 0 Å². The second-order valence-corrected chi connectivity index (χ2v) is 8.22. The second-order valence-electron chi connectivity index (χ2n) is 8.22. The molecule has 5 rings (SSSR count). The highest BCUT2D eigenvalue weighted by Gasteiger charge is 2.89. The molecule has 0 saturated heterocycles. The third-order valence-electron chi connectivity index (χ3n) is 6.78. The lowest BCUT2D eigenvalue weighted by molar-refractivity contribution is -0.160. The number of carbonyl (C=O) groups is 3. The molecule has 0 spiro atoms. The Labute approximate surface area is 173 Å². The van der Waals surface area contributed by atoms with Gasteiger partial charge in [0.2, 0.25) is 0 Å². The van der Waals surface area contributed by atoms with E-state index in [1.807, 2.05) is 49.4 Å². The Kier molecular flexibility index (Phi) is 3.72. The van der Waals surface area contributed by atoms with Crippen LogP contribution in [0.15, 0.2) is 60.7 Å². The van der Waals surface area contributed by atoms with Crippen molar-refractivity contribution in [3.05, 3.63) is 77.4 Å². The number of hydrogen-bond donors (Lipinski definition) is 0. The average Bonchev–Trinajstić information content (AvgIpc) is 3.35. The van der Waals surface area contributed by atoms with Crippen molar-refractivity contribution in [3.8, 4) is 5.75 Å². The van der Waals surface area contributed by atoms with Gasteiger partial charge in [0.25, 0.3) is 0 Å². The lowest BCUT2D eigenvalue weighted by atomic mass is 9.86. The van der Waals surface area contributed by atoms with Gasteiger partial charge in [-0.05, 0) is 30.7 Å². The number of aryl methyl sites for hydroxylation is 1. The van der Waals surface area contributed by atoms with E-state index in [4.69, 9.17) is 9.47 Å². The van der Waals surface area contributed by atoms with Crippen molar-refractivity contribution in [2.75, 3.05) is 7.11 Å². The molecule has 2 aliphatic rings. The quantitative estimate of drug-likeness (QED) is 0.285. The van der Waals surface area contributed by atoms with Crippen LogP contribution in [0.5, 0.6) is 5.75 Å². The maximum absolute atomic E-state index is 13.7. The first-order valence-corrected chi connectivity index (χ1v) is 9.81. The Morgan fingerprint density at radius 3 is 2.40 bits per heavy atom. The minimum atomic E-state index is -1.69. The van der Waals surface area contributed by atoms with E-state index < -0.39 is 28.7 Å². The zero-order valence-corrected chi connectivity index (χ0v) is 16.9. The Balaban J connectivity index is 1.78. The molecule has 1 heterocycles. The summed E-state index contributed by atoms with van der Waals surface area (Å²) in [6.45, 7) is 3.61. The fourth-order valence-electron chi connectivity index (χ4n) is 5.19. The van der Waals surface area contributed by atoms with Gasteiger partial charge in [-0.1, -0.05) is 60.2 Å². The van der Waals surface area contributed by atoms with Crippen molar-refractivity contribution >= 4 is 28.5 Å². The largest absolute Gasteiger partial charge is 0.468 e. The number of carbonyl (C=O) groups excluding carboxylic acids is 3. The summed E-state index contributed by atoms with van der Waals surface area (Å²) in [5.74, 6) is -2.00. The molecule has 0 bridgehead atoms. The average molecular weight is 400 g/mol. The van der Waals surface area contributed by atoms with Crippen molar-refractivity contribution in [1.82, 2.24) is 0 Å². The summed E-state index contributed by atoms with van der Waals surface area (Å²) >= 11 is 0. The fraction of sp³-hybridized carbons (Fsp3) is 0.240. The van der Waals surface area contributed by atoms with Gasteiger partial charge in [0.05, 0.1) is 12.5 Å². The van der Waals surface area contributed by atoms with E-state index in [1.165, 1.54) is 7.11 Å². The Bertz CT molecular complexity index is 1240. The molecule has 0 N–H and O–H groups in total. The van der Waals surface area contributed by atoms with Crippen LogP contribution in [0.3, 0.4) is 0 Å². The number of benzene rings is 3. The third-order valence-corrected chi connectivity index (χ3v) is 6.78. The van der Waals surface area contributed by atoms with Gasteiger partial charge >= 0.3 is 11.9 Å². The lowest BCUT2D eigenvalue weighted by Crippen LogP contribution is -2.39. The molecule has 3 aromatic rings. The Hall–Kier alpha value is -3.47. The maximum Gasteiger partial charge on any atom is 0.330 e. The molecule has 5 heteroatoms. The summed E-state index contributed by atoms with van der Waals surface area (Å²) in [6.07, 6.45) is 0. The molecule has 1 aliphatic carbocycles. The summed E-state index contributed by atoms with van der Waals surface area (Å²) < 4.78 is 10.7. The van der Waals surface area contributed by atoms with E-state index >= 15 is 0 Å². The first-order valence-electron chi connectivity index (χ1n) is 9.81. The summed E-state index contributed by atoms with van der Waals surface area (Å²) in [5, 5.41) is 1.81. The first kappa shape index (κ1) is 18.6. The zero-order valence-electron chi connectivity index (χ0n) is 16.9. The van der Waals surface area contributed by atoms with Crippen LogP contribution in [0.25, 0.3) is 10.8 Å².